The van der Waals surface area contributed by atoms with Crippen molar-refractivity contribution >= 4 is 5.97 Å². The highest BCUT2D eigenvalue weighted by molar-refractivity contribution is 5.69. The van der Waals surface area contributed by atoms with Gasteiger partial charge in [0.2, 0.25) is 0 Å². The molecule has 0 aliphatic carbocycles. The van der Waals surface area contributed by atoms with Gasteiger partial charge in [-0.2, -0.15) is 0 Å². The van der Waals surface area contributed by atoms with Crippen LogP contribution in [-0.2, 0) is 4.79 Å². The smallest absolute Gasteiger partial charge is 0.317 e. The van der Waals surface area contributed by atoms with Crippen molar-refractivity contribution in [1.82, 2.24) is 4.90 Å². The molecule has 0 amide bonds. The van der Waals surface area contributed by atoms with Crippen molar-refractivity contribution in [3.8, 4) is 11.5 Å². The summed E-state index contributed by atoms with van der Waals surface area (Å²) in [7, 11) is 0. The average Bonchev–Trinajstić information content (AvgIpc) is 2.39. The minimum absolute atomic E-state index is 0.0320. The van der Waals surface area contributed by atoms with Gasteiger partial charge < -0.3 is 14.6 Å². The van der Waals surface area contributed by atoms with E-state index < -0.39 is 5.97 Å². The summed E-state index contributed by atoms with van der Waals surface area (Å²) < 4.78 is 11.0. The number of carbonyl (C=O) groups is 1. The molecule has 0 spiro atoms. The number of nitrogens with zero attached hydrogens (tertiary/aromatic N) is 1. The number of hydrogen-bond acceptors (Lipinski definition) is 4. The molecule has 0 aromatic heterocycles. The van der Waals surface area contributed by atoms with Crippen LogP contribution in [0.15, 0.2) is 24.3 Å². The zero-order chi connectivity index (χ0) is 15.0. The normalized spacial score (nSPS) is 10.8. The maximum atomic E-state index is 10.7. The quantitative estimate of drug-likeness (QED) is 0.752. The number of carboxylic acid groups (broad SMARTS) is 1. The van der Waals surface area contributed by atoms with E-state index in [1.54, 1.807) is 0 Å². The lowest BCUT2D eigenvalue weighted by Crippen LogP contribution is -2.38. The first-order chi connectivity index (χ1) is 9.52. The lowest BCUT2D eigenvalue weighted by Gasteiger charge is -2.24. The number of carboxylic acids is 1. The molecule has 1 rings (SSSR count). The molecule has 0 unspecified atom stereocenters. The largest absolute Gasteiger partial charge is 0.494 e. The average molecular weight is 281 g/mol. The molecule has 5 heteroatoms. The first kappa shape index (κ1) is 16.3. The van der Waals surface area contributed by atoms with Crippen molar-refractivity contribution in [2.24, 2.45) is 0 Å². The molecule has 5 nitrogen and oxygen atoms in total. The third-order valence-corrected chi connectivity index (χ3v) is 2.85. The Labute approximate surface area is 120 Å². The van der Waals surface area contributed by atoms with E-state index >= 15 is 0 Å². The van der Waals surface area contributed by atoms with Crippen LogP contribution in [0.3, 0.4) is 0 Å². The van der Waals surface area contributed by atoms with Crippen LogP contribution in [0.4, 0.5) is 0 Å². The van der Waals surface area contributed by atoms with Crippen LogP contribution in [0.5, 0.6) is 11.5 Å². The second-order valence-corrected chi connectivity index (χ2v) is 4.71. The van der Waals surface area contributed by atoms with E-state index in [4.69, 9.17) is 14.6 Å². The van der Waals surface area contributed by atoms with Crippen LogP contribution in [0.25, 0.3) is 0 Å². The Hall–Kier alpha value is -1.75. The third kappa shape index (κ3) is 5.93. The zero-order valence-electron chi connectivity index (χ0n) is 12.3. The van der Waals surface area contributed by atoms with Gasteiger partial charge in [0.25, 0.3) is 0 Å². The maximum Gasteiger partial charge on any atom is 0.317 e. The van der Waals surface area contributed by atoms with Gasteiger partial charge in [-0.05, 0) is 45.0 Å². The predicted molar refractivity (Wildman–Crippen MR) is 77.5 cm³/mol. The standard InChI is InChI=1S/C15H23NO4/c1-4-19-13-5-7-14(8-6-13)20-10-9-16(12(2)3)11-15(17)18/h5-8,12H,4,9-11H2,1-3H3,(H,17,18). The highest BCUT2D eigenvalue weighted by Gasteiger charge is 2.12. The van der Waals surface area contributed by atoms with Crippen molar-refractivity contribution in [1.29, 1.82) is 0 Å². The van der Waals surface area contributed by atoms with Crippen molar-refractivity contribution in [3.63, 3.8) is 0 Å². The Morgan fingerprint density at radius 1 is 1.20 bits per heavy atom. The van der Waals surface area contributed by atoms with E-state index in [1.165, 1.54) is 0 Å². The Morgan fingerprint density at radius 2 is 1.75 bits per heavy atom. The van der Waals surface area contributed by atoms with Gasteiger partial charge in [0.05, 0.1) is 13.2 Å². The Balaban J connectivity index is 2.40. The van der Waals surface area contributed by atoms with Crippen molar-refractivity contribution < 1.29 is 19.4 Å². The number of hydrogen-bond donors (Lipinski definition) is 1. The van der Waals surface area contributed by atoms with Crippen LogP contribution >= 0.6 is 0 Å². The van der Waals surface area contributed by atoms with Crippen LogP contribution in [-0.4, -0.2) is 48.3 Å². The Morgan fingerprint density at radius 3 is 2.20 bits per heavy atom. The molecule has 0 aliphatic rings. The second kappa shape index (κ2) is 8.43. The molecule has 0 fully saturated rings. The summed E-state index contributed by atoms with van der Waals surface area (Å²) in [6.07, 6.45) is 0. The molecule has 0 aliphatic heterocycles. The van der Waals surface area contributed by atoms with E-state index in [1.807, 2.05) is 49.9 Å². The molecular weight excluding hydrogens is 258 g/mol. The van der Waals surface area contributed by atoms with Gasteiger partial charge in [-0.1, -0.05) is 0 Å². The van der Waals surface area contributed by atoms with Crippen LogP contribution < -0.4 is 9.47 Å². The highest BCUT2D eigenvalue weighted by atomic mass is 16.5. The van der Waals surface area contributed by atoms with E-state index in [9.17, 15) is 4.79 Å². The number of benzene rings is 1. The second-order valence-electron chi connectivity index (χ2n) is 4.71. The SMILES string of the molecule is CCOc1ccc(OCCN(CC(=O)O)C(C)C)cc1. The summed E-state index contributed by atoms with van der Waals surface area (Å²) >= 11 is 0. The summed E-state index contributed by atoms with van der Waals surface area (Å²) in [6.45, 7) is 7.59. The van der Waals surface area contributed by atoms with Gasteiger partial charge in [-0.3, -0.25) is 9.69 Å². The van der Waals surface area contributed by atoms with Crippen molar-refractivity contribution in [3.05, 3.63) is 24.3 Å². The molecule has 1 N–H and O–H groups in total. The molecule has 20 heavy (non-hydrogen) atoms. The molecule has 0 heterocycles. The van der Waals surface area contributed by atoms with Gasteiger partial charge in [0.1, 0.15) is 18.1 Å². The van der Waals surface area contributed by atoms with E-state index in [0.717, 1.165) is 11.5 Å². The molecule has 1 aromatic rings. The summed E-state index contributed by atoms with van der Waals surface area (Å²) in [5, 5.41) is 8.83. The molecular formula is C15H23NO4. The van der Waals surface area contributed by atoms with Crippen molar-refractivity contribution in [2.75, 3.05) is 26.3 Å². The molecule has 0 saturated heterocycles. The molecule has 0 radical (unpaired) electrons. The van der Waals surface area contributed by atoms with Gasteiger partial charge in [-0.15, -0.1) is 0 Å². The maximum absolute atomic E-state index is 10.7. The summed E-state index contributed by atoms with van der Waals surface area (Å²) in [4.78, 5) is 12.6. The topological polar surface area (TPSA) is 59.0 Å². The monoisotopic (exact) mass is 281 g/mol. The first-order valence-corrected chi connectivity index (χ1v) is 6.84. The molecule has 0 bridgehead atoms. The van der Waals surface area contributed by atoms with Crippen LogP contribution in [0.2, 0.25) is 0 Å². The lowest BCUT2D eigenvalue weighted by atomic mass is 10.3. The molecule has 1 aromatic carbocycles. The fourth-order valence-corrected chi connectivity index (χ4v) is 1.77. The lowest BCUT2D eigenvalue weighted by molar-refractivity contribution is -0.138. The number of ether oxygens (including phenoxy) is 2. The predicted octanol–water partition coefficient (Wildman–Crippen LogP) is 2.26. The molecule has 112 valence electrons. The minimum Gasteiger partial charge on any atom is -0.494 e. The summed E-state index contributed by atoms with van der Waals surface area (Å²) in [5.41, 5.74) is 0. The first-order valence-electron chi connectivity index (χ1n) is 6.84. The van der Waals surface area contributed by atoms with Crippen molar-refractivity contribution in [2.45, 2.75) is 26.8 Å². The van der Waals surface area contributed by atoms with Gasteiger partial charge in [-0.25, -0.2) is 0 Å². The van der Waals surface area contributed by atoms with Crippen LogP contribution in [0.1, 0.15) is 20.8 Å². The molecule has 0 saturated carbocycles. The zero-order valence-corrected chi connectivity index (χ0v) is 12.3. The summed E-state index contributed by atoms with van der Waals surface area (Å²) in [6, 6.07) is 7.59. The van der Waals surface area contributed by atoms with Gasteiger partial charge >= 0.3 is 5.97 Å². The summed E-state index contributed by atoms with van der Waals surface area (Å²) in [5.74, 6) is 0.752. The third-order valence-electron chi connectivity index (χ3n) is 2.85. The minimum atomic E-state index is -0.820. The van der Waals surface area contributed by atoms with E-state index in [-0.39, 0.29) is 12.6 Å². The number of aliphatic carboxylic acids is 1. The Bertz CT molecular complexity index is 403. The number of rotatable bonds is 9. The fourth-order valence-electron chi connectivity index (χ4n) is 1.77. The fraction of sp³-hybridized carbons (Fsp3) is 0.533. The molecule has 0 atom stereocenters. The van der Waals surface area contributed by atoms with Gasteiger partial charge in [0, 0.05) is 12.6 Å². The highest BCUT2D eigenvalue weighted by Crippen LogP contribution is 2.17. The van der Waals surface area contributed by atoms with E-state index in [2.05, 4.69) is 0 Å². The van der Waals surface area contributed by atoms with Crippen LogP contribution in [0, 0.1) is 0 Å². The van der Waals surface area contributed by atoms with Gasteiger partial charge in [0.15, 0.2) is 0 Å². The Kier molecular flexibility index (Phi) is 6.87. The van der Waals surface area contributed by atoms with E-state index in [0.29, 0.717) is 19.8 Å².